The van der Waals surface area contributed by atoms with E-state index in [4.69, 9.17) is 25.5 Å². The van der Waals surface area contributed by atoms with Crippen LogP contribution in [0, 0.1) is 0 Å². The molecule has 6 nitrogen and oxygen atoms in total. The maximum Gasteiger partial charge on any atom is 0.287 e. The first-order valence-electron chi connectivity index (χ1n) is 10.8. The fourth-order valence-corrected chi connectivity index (χ4v) is 4.69. The molecule has 0 radical (unpaired) electrons. The smallest absolute Gasteiger partial charge is 0.287 e. The Balaban J connectivity index is 1.50. The van der Waals surface area contributed by atoms with E-state index in [-0.39, 0.29) is 17.4 Å². The van der Waals surface area contributed by atoms with Gasteiger partial charge in [-0.2, -0.15) is 0 Å². The summed E-state index contributed by atoms with van der Waals surface area (Å²) in [5, 5.41) is 3.44. The van der Waals surface area contributed by atoms with Crippen LogP contribution in [0.25, 0.3) is 0 Å². The third-order valence-electron chi connectivity index (χ3n) is 4.77. The molecule has 1 aromatic heterocycles. The minimum Gasteiger partial charge on any atom is -0.490 e. The highest BCUT2D eigenvalue weighted by atomic mass is 35.5. The van der Waals surface area contributed by atoms with Crippen molar-refractivity contribution in [3.05, 3.63) is 82.3 Å². The van der Waals surface area contributed by atoms with Crippen LogP contribution in [0.1, 0.15) is 41.3 Å². The lowest BCUT2D eigenvalue weighted by Crippen LogP contribution is -2.25. The summed E-state index contributed by atoms with van der Waals surface area (Å²) >= 11 is 6.13. The molecule has 0 unspecified atom stereocenters. The van der Waals surface area contributed by atoms with Crippen molar-refractivity contribution < 1.29 is 22.9 Å². The van der Waals surface area contributed by atoms with Gasteiger partial charge in [-0.3, -0.25) is 9.00 Å². The summed E-state index contributed by atoms with van der Waals surface area (Å²) in [4.78, 5) is 12.4. The van der Waals surface area contributed by atoms with Gasteiger partial charge >= 0.3 is 0 Å². The fraction of sp³-hybridized carbons (Fsp3) is 0.320. The molecular formula is C25H28ClNO5S. The molecule has 0 aliphatic rings. The van der Waals surface area contributed by atoms with E-state index in [0.29, 0.717) is 54.2 Å². The third kappa shape index (κ3) is 7.37. The van der Waals surface area contributed by atoms with Crippen molar-refractivity contribution in [1.29, 1.82) is 0 Å². The van der Waals surface area contributed by atoms with E-state index in [9.17, 15) is 9.00 Å². The Labute approximate surface area is 201 Å². The number of rotatable bonds is 12. The van der Waals surface area contributed by atoms with Crippen molar-refractivity contribution in [2.45, 2.75) is 31.8 Å². The van der Waals surface area contributed by atoms with Crippen molar-refractivity contribution >= 4 is 28.3 Å². The fourth-order valence-electron chi connectivity index (χ4n) is 3.23. The molecule has 8 heteroatoms. The molecule has 0 bridgehead atoms. The van der Waals surface area contributed by atoms with Crippen molar-refractivity contribution in [2.24, 2.45) is 0 Å². The summed E-state index contributed by atoms with van der Waals surface area (Å²) in [7, 11) is -1.20. The number of halogens is 1. The molecule has 1 N–H and O–H groups in total. The molecule has 0 fully saturated rings. The minimum atomic E-state index is -1.20. The Morgan fingerprint density at radius 2 is 1.76 bits per heavy atom. The number of hydrogen-bond acceptors (Lipinski definition) is 5. The van der Waals surface area contributed by atoms with Gasteiger partial charge in [-0.1, -0.05) is 35.9 Å². The highest BCUT2D eigenvalue weighted by Crippen LogP contribution is 2.28. The monoisotopic (exact) mass is 489 g/mol. The molecule has 3 rings (SSSR count). The molecule has 0 aliphatic carbocycles. The second-order valence-electron chi connectivity index (χ2n) is 7.24. The van der Waals surface area contributed by atoms with E-state index in [0.717, 1.165) is 11.1 Å². The van der Waals surface area contributed by atoms with Gasteiger partial charge in [0.05, 0.1) is 24.7 Å². The number of benzene rings is 2. The Morgan fingerprint density at radius 1 is 1.00 bits per heavy atom. The molecule has 0 spiro atoms. The second kappa shape index (κ2) is 12.5. The van der Waals surface area contributed by atoms with Gasteiger partial charge in [0.2, 0.25) is 0 Å². The van der Waals surface area contributed by atoms with Crippen molar-refractivity contribution in [1.82, 2.24) is 5.32 Å². The van der Waals surface area contributed by atoms with Crippen LogP contribution in [0.2, 0.25) is 5.02 Å². The second-order valence-corrected chi connectivity index (χ2v) is 9.10. The third-order valence-corrected chi connectivity index (χ3v) is 6.38. The number of furan rings is 1. The van der Waals surface area contributed by atoms with Gasteiger partial charge in [-0.05, 0) is 61.7 Å². The number of hydrogen-bond donors (Lipinski definition) is 1. The Kier molecular flexibility index (Phi) is 9.39. The van der Waals surface area contributed by atoms with Crippen molar-refractivity contribution in [3.63, 3.8) is 0 Å². The van der Waals surface area contributed by atoms with Crippen LogP contribution in [0.4, 0.5) is 0 Å². The highest BCUT2D eigenvalue weighted by molar-refractivity contribution is 7.83. The lowest BCUT2D eigenvalue weighted by molar-refractivity contribution is 0.0925. The van der Waals surface area contributed by atoms with Gasteiger partial charge in [0.15, 0.2) is 17.3 Å². The van der Waals surface area contributed by atoms with Crippen LogP contribution in [-0.2, 0) is 28.7 Å². The molecule has 0 saturated heterocycles. The van der Waals surface area contributed by atoms with Crippen molar-refractivity contribution in [2.75, 3.05) is 19.8 Å². The quantitative estimate of drug-likeness (QED) is 0.380. The summed E-state index contributed by atoms with van der Waals surface area (Å²) in [5.41, 5.74) is 1.85. The molecule has 33 heavy (non-hydrogen) atoms. The standard InChI is InChI=1S/C25H28ClNO5S/c1-3-30-22-11-9-18(15-24(22)31-4-2)13-14-27-25(28)23-12-10-20(32-23)17-33(29)16-19-7-5-6-8-21(19)26/h5-12,15H,3-4,13-14,16-17H2,1-2H3,(H,27,28)/t33-/m0/s1. The van der Waals surface area contributed by atoms with Gasteiger partial charge in [0, 0.05) is 22.4 Å². The van der Waals surface area contributed by atoms with Gasteiger partial charge in [-0.15, -0.1) is 0 Å². The highest BCUT2D eigenvalue weighted by Gasteiger charge is 2.14. The maximum absolute atomic E-state index is 12.5. The molecule has 1 atom stereocenters. The molecule has 0 saturated carbocycles. The average Bonchev–Trinajstić information content (AvgIpc) is 3.26. The van der Waals surface area contributed by atoms with Crippen LogP contribution in [-0.4, -0.2) is 29.9 Å². The van der Waals surface area contributed by atoms with Gasteiger partial charge < -0.3 is 19.2 Å². The zero-order valence-corrected chi connectivity index (χ0v) is 20.3. The van der Waals surface area contributed by atoms with E-state index in [1.807, 2.05) is 50.2 Å². The zero-order valence-electron chi connectivity index (χ0n) is 18.8. The Morgan fingerprint density at radius 3 is 2.52 bits per heavy atom. The summed E-state index contributed by atoms with van der Waals surface area (Å²) in [6, 6.07) is 16.4. The lowest BCUT2D eigenvalue weighted by atomic mass is 10.1. The molecule has 176 valence electrons. The minimum absolute atomic E-state index is 0.196. The van der Waals surface area contributed by atoms with E-state index in [1.165, 1.54) is 0 Å². The topological polar surface area (TPSA) is 77.8 Å². The lowest BCUT2D eigenvalue weighted by Gasteiger charge is -2.12. The molecule has 0 aliphatic heterocycles. The molecule has 3 aromatic rings. The summed E-state index contributed by atoms with van der Waals surface area (Å²) in [5.74, 6) is 2.33. The summed E-state index contributed by atoms with van der Waals surface area (Å²) in [6.45, 7) is 5.40. The number of ether oxygens (including phenoxy) is 2. The summed E-state index contributed by atoms with van der Waals surface area (Å²) < 4.78 is 29.3. The largest absolute Gasteiger partial charge is 0.490 e. The molecular weight excluding hydrogens is 462 g/mol. The number of carbonyl (C=O) groups is 1. The normalized spacial score (nSPS) is 11.7. The van der Waals surface area contributed by atoms with Crippen LogP contribution < -0.4 is 14.8 Å². The van der Waals surface area contributed by atoms with E-state index < -0.39 is 10.8 Å². The average molecular weight is 490 g/mol. The first kappa shape index (κ1) is 24.9. The van der Waals surface area contributed by atoms with E-state index in [2.05, 4.69) is 5.32 Å². The summed E-state index contributed by atoms with van der Waals surface area (Å²) in [6.07, 6.45) is 0.633. The zero-order chi connectivity index (χ0) is 23.6. The first-order chi connectivity index (χ1) is 16.0. The molecule has 1 heterocycles. The Bertz CT molecular complexity index is 1100. The van der Waals surface area contributed by atoms with Gasteiger partial charge in [-0.25, -0.2) is 0 Å². The van der Waals surface area contributed by atoms with Crippen LogP contribution in [0.15, 0.2) is 59.0 Å². The van der Waals surface area contributed by atoms with Crippen molar-refractivity contribution in [3.8, 4) is 11.5 Å². The number of carbonyl (C=O) groups excluding carboxylic acids is 1. The van der Waals surface area contributed by atoms with Gasteiger partial charge in [0.1, 0.15) is 5.76 Å². The van der Waals surface area contributed by atoms with Crippen LogP contribution >= 0.6 is 11.6 Å². The van der Waals surface area contributed by atoms with E-state index in [1.54, 1.807) is 18.2 Å². The van der Waals surface area contributed by atoms with Gasteiger partial charge in [0.25, 0.3) is 5.91 Å². The Hall–Kier alpha value is -2.77. The first-order valence-corrected chi connectivity index (χ1v) is 12.7. The van der Waals surface area contributed by atoms with E-state index >= 15 is 0 Å². The number of amides is 1. The number of nitrogens with one attached hydrogen (secondary N) is 1. The van der Waals surface area contributed by atoms with Crippen LogP contribution in [0.5, 0.6) is 11.5 Å². The SMILES string of the molecule is CCOc1ccc(CCNC(=O)c2ccc(C[S@@](=O)Cc3ccccc3Cl)o2)cc1OCC. The predicted molar refractivity (Wildman–Crippen MR) is 131 cm³/mol. The molecule has 1 amide bonds. The predicted octanol–water partition coefficient (Wildman–Crippen LogP) is 5.15. The maximum atomic E-state index is 12.5. The van der Waals surface area contributed by atoms with Crippen LogP contribution in [0.3, 0.4) is 0 Å². The molecule has 2 aromatic carbocycles.